The molecule has 10 heteroatoms. The molecule has 2 rings (SSSR count). The predicted octanol–water partition coefficient (Wildman–Crippen LogP) is 3.51. The smallest absolute Gasteiger partial charge is 0.307 e. The Morgan fingerprint density at radius 3 is 2.47 bits per heavy atom. The van der Waals surface area contributed by atoms with Gasteiger partial charge in [-0.1, -0.05) is 29.3 Å². The Bertz CT molecular complexity index is 892. The average molecular weight is 481 g/mol. The highest BCUT2D eigenvalue weighted by molar-refractivity contribution is 6.34. The third kappa shape index (κ3) is 9.53. The number of anilines is 1. The molecule has 1 aromatic carbocycles. The summed E-state index contributed by atoms with van der Waals surface area (Å²) in [4.78, 5) is 40.3. The van der Waals surface area contributed by atoms with Crippen LogP contribution in [0.2, 0.25) is 10.0 Å². The summed E-state index contributed by atoms with van der Waals surface area (Å²) >= 11 is 12.1. The van der Waals surface area contributed by atoms with Crippen molar-refractivity contribution in [3.05, 3.63) is 58.2 Å². The summed E-state index contributed by atoms with van der Waals surface area (Å²) in [6.45, 7) is 0.485. The number of amides is 2. The highest BCUT2D eigenvalue weighted by atomic mass is 35.5. The number of rotatable bonds is 12. The van der Waals surface area contributed by atoms with Crippen LogP contribution in [0.15, 0.2) is 42.6 Å². The van der Waals surface area contributed by atoms with Crippen LogP contribution in [0.5, 0.6) is 0 Å². The summed E-state index contributed by atoms with van der Waals surface area (Å²) in [5.74, 6) is -0.389. The van der Waals surface area contributed by atoms with E-state index in [1.165, 1.54) is 7.11 Å². The van der Waals surface area contributed by atoms with Crippen LogP contribution in [0.25, 0.3) is 0 Å². The lowest BCUT2D eigenvalue weighted by Crippen LogP contribution is -2.39. The van der Waals surface area contributed by atoms with E-state index in [-0.39, 0.29) is 18.9 Å². The van der Waals surface area contributed by atoms with Gasteiger partial charge in [-0.25, -0.2) is 4.98 Å². The Balaban J connectivity index is 1.75. The lowest BCUT2D eigenvalue weighted by Gasteiger charge is -2.19. The number of ether oxygens (including phenoxy) is 1. The summed E-state index contributed by atoms with van der Waals surface area (Å²) < 4.78 is 4.70. The van der Waals surface area contributed by atoms with Crippen LogP contribution in [0.1, 0.15) is 37.3 Å². The Morgan fingerprint density at radius 2 is 1.81 bits per heavy atom. The maximum Gasteiger partial charge on any atom is 0.307 e. The molecular weight excluding hydrogens is 455 g/mol. The summed E-state index contributed by atoms with van der Waals surface area (Å²) in [6, 6.07) is 9.68. The van der Waals surface area contributed by atoms with Crippen LogP contribution < -0.4 is 16.0 Å². The number of carbonyl (C=O) groups excluding carboxylic acids is 3. The maximum absolute atomic E-state index is 12.3. The minimum atomic E-state index is -0.694. The van der Waals surface area contributed by atoms with Crippen LogP contribution in [0, 0.1) is 0 Å². The van der Waals surface area contributed by atoms with Crippen molar-refractivity contribution in [2.24, 2.45) is 0 Å². The first kappa shape index (κ1) is 25.4. The average Bonchev–Trinajstić information content (AvgIpc) is 2.77. The van der Waals surface area contributed by atoms with E-state index in [1.807, 2.05) is 18.2 Å². The number of methoxy groups -OCH3 is 1. The van der Waals surface area contributed by atoms with Gasteiger partial charge in [-0.05, 0) is 48.7 Å². The van der Waals surface area contributed by atoms with E-state index < -0.39 is 17.9 Å². The third-order valence-electron chi connectivity index (χ3n) is 4.47. The number of benzene rings is 1. The van der Waals surface area contributed by atoms with Crippen molar-refractivity contribution in [3.8, 4) is 0 Å². The summed E-state index contributed by atoms with van der Waals surface area (Å²) in [7, 11) is 1.26. The highest BCUT2D eigenvalue weighted by Crippen LogP contribution is 2.25. The molecule has 1 aromatic heterocycles. The molecule has 0 spiro atoms. The first-order chi connectivity index (χ1) is 15.4. The molecule has 8 nitrogen and oxygen atoms in total. The number of pyridine rings is 1. The minimum Gasteiger partial charge on any atom is -0.469 e. The molecule has 3 N–H and O–H groups in total. The van der Waals surface area contributed by atoms with Gasteiger partial charge in [0.15, 0.2) is 0 Å². The van der Waals surface area contributed by atoms with Gasteiger partial charge in [0.2, 0.25) is 11.8 Å². The van der Waals surface area contributed by atoms with Crippen molar-refractivity contribution < 1.29 is 19.1 Å². The molecule has 0 saturated carbocycles. The van der Waals surface area contributed by atoms with Gasteiger partial charge in [-0.3, -0.25) is 14.4 Å². The zero-order chi connectivity index (χ0) is 23.3. The molecule has 172 valence electrons. The zero-order valence-corrected chi connectivity index (χ0v) is 19.2. The van der Waals surface area contributed by atoms with Crippen LogP contribution in [-0.4, -0.2) is 43.0 Å². The maximum atomic E-state index is 12.3. The number of nitrogens with zero attached hydrogens (tertiary/aromatic N) is 1. The van der Waals surface area contributed by atoms with Crippen LogP contribution in [0.3, 0.4) is 0 Å². The Kier molecular flexibility index (Phi) is 10.8. The Morgan fingerprint density at radius 1 is 1.06 bits per heavy atom. The van der Waals surface area contributed by atoms with E-state index in [2.05, 4.69) is 20.9 Å². The largest absolute Gasteiger partial charge is 0.469 e. The van der Waals surface area contributed by atoms with E-state index in [9.17, 15) is 14.4 Å². The number of nitrogens with one attached hydrogen (secondary N) is 3. The van der Waals surface area contributed by atoms with E-state index in [0.717, 1.165) is 12.2 Å². The summed E-state index contributed by atoms with van der Waals surface area (Å²) in [6.07, 6.45) is 3.35. The van der Waals surface area contributed by atoms with Crippen molar-refractivity contribution in [2.45, 2.75) is 31.7 Å². The van der Waals surface area contributed by atoms with Crippen molar-refractivity contribution in [1.82, 2.24) is 15.6 Å². The minimum absolute atomic E-state index is 0.101. The number of halogens is 2. The molecule has 2 amide bonds. The zero-order valence-electron chi connectivity index (χ0n) is 17.7. The van der Waals surface area contributed by atoms with Gasteiger partial charge < -0.3 is 20.7 Å². The van der Waals surface area contributed by atoms with Crippen molar-refractivity contribution in [2.75, 3.05) is 25.5 Å². The number of aromatic nitrogens is 1. The predicted molar refractivity (Wildman–Crippen MR) is 124 cm³/mol. The van der Waals surface area contributed by atoms with E-state index in [1.54, 1.807) is 24.4 Å². The second-order valence-corrected chi connectivity index (χ2v) is 7.85. The molecule has 0 bridgehead atoms. The number of hydrogen-bond donors (Lipinski definition) is 3. The Labute approximate surface area is 197 Å². The van der Waals surface area contributed by atoms with Crippen molar-refractivity contribution in [1.29, 1.82) is 0 Å². The van der Waals surface area contributed by atoms with Gasteiger partial charge in [0, 0.05) is 29.2 Å². The Hall–Kier alpha value is -2.84. The lowest BCUT2D eigenvalue weighted by atomic mass is 10.0. The standard InChI is InChI=1S/C22H26Cl2N4O4/c1-32-22(31)13-18(15-10-16(23)12-17(24)11-15)28-21(30)14-27-20(29)7-3-5-9-26-19-6-2-4-8-25-19/h2,4,6,8,10-12,18H,3,5,7,9,13-14H2,1H3,(H,25,26)(H,27,29)(H,28,30). The van der Waals surface area contributed by atoms with E-state index >= 15 is 0 Å². The second-order valence-electron chi connectivity index (χ2n) is 6.98. The fourth-order valence-electron chi connectivity index (χ4n) is 2.89. The molecular formula is C22H26Cl2N4O4. The first-order valence-corrected chi connectivity index (χ1v) is 10.9. The van der Waals surface area contributed by atoms with Crippen molar-refractivity contribution in [3.63, 3.8) is 0 Å². The van der Waals surface area contributed by atoms with Gasteiger partial charge in [-0.15, -0.1) is 0 Å². The summed E-state index contributed by atoms with van der Waals surface area (Å²) in [5.41, 5.74) is 0.563. The SMILES string of the molecule is COC(=O)CC(NC(=O)CNC(=O)CCCCNc1ccccn1)c1cc(Cl)cc(Cl)c1. The fourth-order valence-corrected chi connectivity index (χ4v) is 3.43. The van der Waals surface area contributed by atoms with Gasteiger partial charge in [-0.2, -0.15) is 0 Å². The molecule has 0 aliphatic rings. The number of carbonyl (C=O) groups is 3. The van der Waals surface area contributed by atoms with Crippen LogP contribution >= 0.6 is 23.2 Å². The van der Waals surface area contributed by atoms with Crippen LogP contribution in [-0.2, 0) is 19.1 Å². The number of esters is 1. The summed E-state index contributed by atoms with van der Waals surface area (Å²) in [5, 5.41) is 9.23. The fraction of sp³-hybridized carbons (Fsp3) is 0.364. The molecule has 1 unspecified atom stereocenters. The molecule has 2 aromatic rings. The normalized spacial score (nSPS) is 11.3. The number of unbranched alkanes of at least 4 members (excludes halogenated alkanes) is 1. The quantitative estimate of drug-likeness (QED) is 0.316. The molecule has 0 saturated heterocycles. The van der Waals surface area contributed by atoms with E-state index in [0.29, 0.717) is 35.0 Å². The third-order valence-corrected chi connectivity index (χ3v) is 4.91. The molecule has 1 heterocycles. The monoisotopic (exact) mass is 480 g/mol. The highest BCUT2D eigenvalue weighted by Gasteiger charge is 2.20. The molecule has 0 aliphatic heterocycles. The molecule has 0 aliphatic carbocycles. The van der Waals surface area contributed by atoms with Crippen LogP contribution in [0.4, 0.5) is 5.82 Å². The lowest BCUT2D eigenvalue weighted by molar-refractivity contribution is -0.141. The molecule has 0 fully saturated rings. The number of hydrogen-bond acceptors (Lipinski definition) is 6. The molecule has 32 heavy (non-hydrogen) atoms. The topological polar surface area (TPSA) is 109 Å². The van der Waals surface area contributed by atoms with E-state index in [4.69, 9.17) is 27.9 Å². The van der Waals surface area contributed by atoms with Gasteiger partial charge in [0.05, 0.1) is 26.1 Å². The molecule has 0 radical (unpaired) electrons. The van der Waals surface area contributed by atoms with Crippen molar-refractivity contribution >= 4 is 46.8 Å². The first-order valence-electron chi connectivity index (χ1n) is 10.1. The van der Waals surface area contributed by atoms with Gasteiger partial charge in [0.25, 0.3) is 0 Å². The van der Waals surface area contributed by atoms with Gasteiger partial charge in [0.1, 0.15) is 5.82 Å². The molecule has 1 atom stereocenters. The second kappa shape index (κ2) is 13.5. The van der Waals surface area contributed by atoms with Gasteiger partial charge >= 0.3 is 5.97 Å².